The van der Waals surface area contributed by atoms with Gasteiger partial charge in [-0.25, -0.2) is 9.97 Å². The molecular weight excluding hydrogens is 407 g/mol. The molecular formula is C28H21BN2O2. The zero-order valence-corrected chi connectivity index (χ0v) is 17.8. The molecule has 1 aromatic heterocycles. The van der Waals surface area contributed by atoms with Crippen molar-refractivity contribution in [3.63, 3.8) is 0 Å². The fraction of sp³-hybridized carbons (Fsp3) is 0. The van der Waals surface area contributed by atoms with Gasteiger partial charge in [-0.1, -0.05) is 115 Å². The maximum Gasteiger partial charge on any atom is 0.488 e. The van der Waals surface area contributed by atoms with Crippen LogP contribution in [0.2, 0.25) is 0 Å². The molecule has 0 amide bonds. The number of aromatic nitrogens is 2. The highest BCUT2D eigenvalue weighted by molar-refractivity contribution is 6.58. The normalized spacial score (nSPS) is 10.7. The van der Waals surface area contributed by atoms with Crippen LogP contribution in [0, 0.1) is 0 Å². The van der Waals surface area contributed by atoms with Crippen LogP contribution < -0.4 is 5.46 Å². The molecule has 0 fully saturated rings. The Morgan fingerprint density at radius 3 is 1.00 bits per heavy atom. The summed E-state index contributed by atoms with van der Waals surface area (Å²) in [6, 6.07) is 37.2. The quantitative estimate of drug-likeness (QED) is 0.394. The molecule has 0 saturated heterocycles. The van der Waals surface area contributed by atoms with Crippen molar-refractivity contribution in [3.8, 4) is 45.0 Å². The summed E-state index contributed by atoms with van der Waals surface area (Å²) in [4.78, 5) is 10.3. The van der Waals surface area contributed by atoms with E-state index in [-0.39, 0.29) is 0 Å². The van der Waals surface area contributed by atoms with E-state index in [1.165, 1.54) is 0 Å². The first-order valence-electron chi connectivity index (χ1n) is 10.8. The molecule has 0 aliphatic rings. The van der Waals surface area contributed by atoms with E-state index in [1.807, 2.05) is 103 Å². The van der Waals surface area contributed by atoms with Gasteiger partial charge in [0.25, 0.3) is 0 Å². The second kappa shape index (κ2) is 9.21. The lowest BCUT2D eigenvalue weighted by Crippen LogP contribution is -2.29. The summed E-state index contributed by atoms with van der Waals surface area (Å²) in [5.41, 5.74) is 7.32. The molecule has 0 bridgehead atoms. The summed E-state index contributed by atoms with van der Waals surface area (Å²) < 4.78 is 0. The third-order valence-electron chi connectivity index (χ3n) is 5.52. The SMILES string of the molecule is OB(O)c1ccc(-c2nc(-c3ccccc3)c(-c3ccccc3)nc2-c2ccccc2)cc1. The average molecular weight is 428 g/mol. The molecule has 0 spiro atoms. The predicted molar refractivity (Wildman–Crippen MR) is 134 cm³/mol. The molecule has 5 rings (SSSR count). The van der Waals surface area contributed by atoms with Crippen LogP contribution in [0.1, 0.15) is 0 Å². The van der Waals surface area contributed by atoms with Gasteiger partial charge in [-0.15, -0.1) is 0 Å². The first-order chi connectivity index (χ1) is 16.2. The minimum atomic E-state index is -1.51. The van der Waals surface area contributed by atoms with E-state index < -0.39 is 7.12 Å². The van der Waals surface area contributed by atoms with Gasteiger partial charge in [-0.2, -0.15) is 0 Å². The molecule has 0 aliphatic carbocycles. The third kappa shape index (κ3) is 4.33. The molecule has 158 valence electrons. The highest BCUT2D eigenvalue weighted by Crippen LogP contribution is 2.36. The van der Waals surface area contributed by atoms with Gasteiger partial charge in [0.15, 0.2) is 0 Å². The fourth-order valence-electron chi connectivity index (χ4n) is 3.84. The largest absolute Gasteiger partial charge is 0.488 e. The van der Waals surface area contributed by atoms with Crippen LogP contribution in [-0.4, -0.2) is 27.1 Å². The lowest BCUT2D eigenvalue weighted by atomic mass is 9.80. The van der Waals surface area contributed by atoms with Gasteiger partial charge in [0.1, 0.15) is 0 Å². The molecule has 0 saturated carbocycles. The van der Waals surface area contributed by atoms with Gasteiger partial charge in [0.2, 0.25) is 0 Å². The van der Waals surface area contributed by atoms with Crippen LogP contribution in [0.15, 0.2) is 115 Å². The molecule has 0 radical (unpaired) electrons. The lowest BCUT2D eigenvalue weighted by molar-refractivity contribution is 0.426. The molecule has 4 nitrogen and oxygen atoms in total. The van der Waals surface area contributed by atoms with Crippen molar-refractivity contribution in [3.05, 3.63) is 115 Å². The maximum atomic E-state index is 9.50. The Kier molecular flexibility index (Phi) is 5.81. The monoisotopic (exact) mass is 428 g/mol. The van der Waals surface area contributed by atoms with E-state index in [0.717, 1.165) is 45.0 Å². The summed E-state index contributed by atoms with van der Waals surface area (Å²) in [6.07, 6.45) is 0. The summed E-state index contributed by atoms with van der Waals surface area (Å²) in [6.45, 7) is 0. The Labute approximate surface area is 193 Å². The Morgan fingerprint density at radius 1 is 0.394 bits per heavy atom. The summed E-state index contributed by atoms with van der Waals surface area (Å²) in [7, 11) is -1.51. The Balaban J connectivity index is 1.80. The van der Waals surface area contributed by atoms with Gasteiger partial charge in [-0.3, -0.25) is 0 Å². The highest BCUT2D eigenvalue weighted by Gasteiger charge is 2.19. The van der Waals surface area contributed by atoms with Crippen molar-refractivity contribution in [2.75, 3.05) is 0 Å². The minimum Gasteiger partial charge on any atom is -0.423 e. The van der Waals surface area contributed by atoms with E-state index in [2.05, 4.69) is 0 Å². The van der Waals surface area contributed by atoms with Crippen molar-refractivity contribution in [1.82, 2.24) is 9.97 Å². The van der Waals surface area contributed by atoms with E-state index in [1.54, 1.807) is 12.1 Å². The summed E-state index contributed by atoms with van der Waals surface area (Å²) in [5.74, 6) is 0. The van der Waals surface area contributed by atoms with Gasteiger partial charge >= 0.3 is 7.12 Å². The molecule has 5 heteroatoms. The van der Waals surface area contributed by atoms with Crippen LogP contribution in [0.4, 0.5) is 0 Å². The number of nitrogens with zero attached hydrogens (tertiary/aromatic N) is 2. The van der Waals surface area contributed by atoms with E-state index in [0.29, 0.717) is 5.46 Å². The Bertz CT molecular complexity index is 1360. The molecule has 0 atom stereocenters. The van der Waals surface area contributed by atoms with Crippen LogP contribution >= 0.6 is 0 Å². The molecule has 5 aromatic rings. The average Bonchev–Trinajstić information content (AvgIpc) is 2.89. The van der Waals surface area contributed by atoms with Crippen molar-refractivity contribution in [2.45, 2.75) is 0 Å². The minimum absolute atomic E-state index is 0.428. The Morgan fingerprint density at radius 2 is 0.697 bits per heavy atom. The first kappa shape index (κ1) is 20.8. The number of benzene rings is 4. The first-order valence-corrected chi connectivity index (χ1v) is 10.8. The second-order valence-electron chi connectivity index (χ2n) is 7.71. The van der Waals surface area contributed by atoms with E-state index in [9.17, 15) is 10.0 Å². The van der Waals surface area contributed by atoms with Crippen LogP contribution in [-0.2, 0) is 0 Å². The van der Waals surface area contributed by atoms with E-state index in [4.69, 9.17) is 9.97 Å². The van der Waals surface area contributed by atoms with Gasteiger partial charge in [0, 0.05) is 22.3 Å². The molecule has 1 heterocycles. The number of hydrogen-bond acceptors (Lipinski definition) is 4. The fourth-order valence-corrected chi connectivity index (χ4v) is 3.84. The third-order valence-corrected chi connectivity index (χ3v) is 5.52. The van der Waals surface area contributed by atoms with Crippen LogP contribution in [0.25, 0.3) is 45.0 Å². The second-order valence-corrected chi connectivity index (χ2v) is 7.71. The van der Waals surface area contributed by atoms with Crippen LogP contribution in [0.5, 0.6) is 0 Å². The standard InChI is InChI=1S/C28H21BN2O2/c32-29(33)24-18-16-23(17-19-24)28-27(22-14-8-3-9-15-22)30-25(20-10-4-1-5-11-20)26(31-28)21-12-6-2-7-13-21/h1-19,32-33H. The number of hydrogen-bond donors (Lipinski definition) is 2. The van der Waals surface area contributed by atoms with E-state index >= 15 is 0 Å². The van der Waals surface area contributed by atoms with Crippen molar-refractivity contribution < 1.29 is 10.0 Å². The molecule has 2 N–H and O–H groups in total. The lowest BCUT2D eigenvalue weighted by Gasteiger charge is -2.16. The van der Waals surface area contributed by atoms with Gasteiger partial charge < -0.3 is 10.0 Å². The zero-order valence-electron chi connectivity index (χ0n) is 17.8. The summed E-state index contributed by atoms with van der Waals surface area (Å²) >= 11 is 0. The summed E-state index contributed by atoms with van der Waals surface area (Å²) in [5, 5.41) is 19.0. The Hall–Kier alpha value is -4.06. The van der Waals surface area contributed by atoms with Crippen LogP contribution in [0.3, 0.4) is 0 Å². The smallest absolute Gasteiger partial charge is 0.423 e. The van der Waals surface area contributed by atoms with Gasteiger partial charge in [-0.05, 0) is 5.46 Å². The topological polar surface area (TPSA) is 66.2 Å². The molecule has 4 aromatic carbocycles. The predicted octanol–water partition coefficient (Wildman–Crippen LogP) is 4.82. The van der Waals surface area contributed by atoms with Crippen molar-refractivity contribution >= 4 is 12.6 Å². The van der Waals surface area contributed by atoms with Gasteiger partial charge in [0.05, 0.1) is 22.8 Å². The highest BCUT2D eigenvalue weighted by atomic mass is 16.4. The molecule has 33 heavy (non-hydrogen) atoms. The van der Waals surface area contributed by atoms with Crippen molar-refractivity contribution in [1.29, 1.82) is 0 Å². The maximum absolute atomic E-state index is 9.50. The molecule has 0 unspecified atom stereocenters. The van der Waals surface area contributed by atoms with Crippen molar-refractivity contribution in [2.24, 2.45) is 0 Å². The number of rotatable bonds is 5. The molecule has 0 aliphatic heterocycles. The zero-order chi connectivity index (χ0) is 22.6.